The molecular weight excluding hydrogens is 703 g/mol. The number of ether oxygens (including phenoxy) is 1. The Kier molecular flexibility index (Phi) is 6.51. The largest absolute Gasteiger partial charge is 2.00 e. The molecule has 0 spiro atoms. The molecule has 5 heterocycles. The maximum absolute atomic E-state index is 6.49. The first-order valence-electron chi connectivity index (χ1n) is 15.7. The zero-order chi connectivity index (χ0) is 31.3. The molecule has 0 aliphatic carbocycles. The van der Waals surface area contributed by atoms with E-state index in [9.17, 15) is 0 Å². The first kappa shape index (κ1) is 29.1. The Morgan fingerprint density at radius 2 is 1.54 bits per heavy atom. The predicted molar refractivity (Wildman–Crippen MR) is 192 cm³/mol. The second kappa shape index (κ2) is 10.7. The average Bonchev–Trinajstić information content (AvgIpc) is 3.75. The summed E-state index contributed by atoms with van der Waals surface area (Å²) in [5.74, 6) is 2.11. The Labute approximate surface area is 294 Å². The normalized spacial score (nSPS) is 13.6. The molecule has 48 heavy (non-hydrogen) atoms. The zero-order valence-corrected chi connectivity index (χ0v) is 28.3. The van der Waals surface area contributed by atoms with Crippen LogP contribution in [0.25, 0.3) is 47.5 Å². The van der Waals surface area contributed by atoms with Gasteiger partial charge in [-0.2, -0.15) is 6.07 Å². The van der Waals surface area contributed by atoms with Crippen LogP contribution in [0.3, 0.4) is 0 Å². The van der Waals surface area contributed by atoms with Crippen LogP contribution in [0.1, 0.15) is 25.0 Å². The molecule has 10 rings (SSSR count). The van der Waals surface area contributed by atoms with Crippen molar-refractivity contribution >= 4 is 76.0 Å². The summed E-state index contributed by atoms with van der Waals surface area (Å²) in [6.45, 7) is 4.63. The van der Waals surface area contributed by atoms with Gasteiger partial charge in [0.25, 0.3) is 0 Å². The van der Waals surface area contributed by atoms with Crippen LogP contribution in [0.4, 0.5) is 17.2 Å². The predicted octanol–water partition coefficient (Wildman–Crippen LogP) is 10.9. The summed E-state index contributed by atoms with van der Waals surface area (Å²) in [5, 5.41) is 5.75. The molecule has 232 valence electrons. The standard InChI is InChI=1S/C41H26N4OS.Pd/c1-41(2)32-13-8-20-42-40(32)45(34-18-19-36-37(38(34)41)30-12-4-6-15-35(30)47-36)25-9-7-10-26(23-25)46-27-16-17-28-29-11-3-5-14-33(29)44-22-21-43-39(44)31(28)24-27;/h3-22H,1-2H3;/q-2;+2. The molecule has 9 aromatic rings. The van der Waals surface area contributed by atoms with Gasteiger partial charge in [-0.05, 0) is 41.3 Å². The second-order valence-electron chi connectivity index (χ2n) is 12.5. The van der Waals surface area contributed by atoms with E-state index < -0.39 is 0 Å². The molecule has 0 bridgehead atoms. The van der Waals surface area contributed by atoms with Crippen molar-refractivity contribution in [2.24, 2.45) is 0 Å². The number of para-hydroxylation sites is 1. The van der Waals surface area contributed by atoms with Crippen LogP contribution < -0.4 is 9.64 Å². The second-order valence-corrected chi connectivity index (χ2v) is 13.6. The topological polar surface area (TPSA) is 42.7 Å². The van der Waals surface area contributed by atoms with E-state index in [-0.39, 0.29) is 25.8 Å². The van der Waals surface area contributed by atoms with Crippen molar-refractivity contribution in [2.45, 2.75) is 19.3 Å². The van der Waals surface area contributed by atoms with E-state index in [1.165, 1.54) is 31.3 Å². The monoisotopic (exact) mass is 728 g/mol. The van der Waals surface area contributed by atoms with E-state index in [1.54, 1.807) is 0 Å². The van der Waals surface area contributed by atoms with Gasteiger partial charge in [-0.3, -0.25) is 4.98 Å². The molecule has 1 aliphatic heterocycles. The molecule has 0 N–H and O–H groups in total. The number of pyridine rings is 2. The van der Waals surface area contributed by atoms with Crippen LogP contribution in [0.5, 0.6) is 11.5 Å². The summed E-state index contributed by atoms with van der Waals surface area (Å²) in [6.07, 6.45) is 5.69. The number of hydrogen-bond donors (Lipinski definition) is 0. The fourth-order valence-corrected chi connectivity index (χ4v) is 8.57. The third-order valence-electron chi connectivity index (χ3n) is 9.51. The van der Waals surface area contributed by atoms with Crippen molar-refractivity contribution in [3.8, 4) is 11.5 Å². The molecule has 0 unspecified atom stereocenters. The van der Waals surface area contributed by atoms with Gasteiger partial charge in [0.05, 0.1) is 11.3 Å². The van der Waals surface area contributed by atoms with Crippen LogP contribution >= 0.6 is 11.3 Å². The molecule has 7 heteroatoms. The van der Waals surface area contributed by atoms with Gasteiger partial charge in [0.15, 0.2) is 0 Å². The van der Waals surface area contributed by atoms with Gasteiger partial charge < -0.3 is 14.0 Å². The van der Waals surface area contributed by atoms with Crippen molar-refractivity contribution in [3.05, 3.63) is 145 Å². The first-order chi connectivity index (χ1) is 23.1. The molecule has 1 aliphatic rings. The van der Waals surface area contributed by atoms with E-state index in [2.05, 4.69) is 119 Å². The summed E-state index contributed by atoms with van der Waals surface area (Å²) in [4.78, 5) is 11.9. The number of aromatic nitrogens is 3. The number of benzene rings is 5. The van der Waals surface area contributed by atoms with Crippen molar-refractivity contribution in [1.82, 2.24) is 14.4 Å². The summed E-state index contributed by atoms with van der Waals surface area (Å²) < 4.78 is 11.2. The maximum atomic E-state index is 6.49. The first-order valence-corrected chi connectivity index (χ1v) is 16.5. The Bertz CT molecular complexity index is 2730. The van der Waals surface area contributed by atoms with E-state index in [0.29, 0.717) is 11.5 Å². The quantitative estimate of drug-likeness (QED) is 0.103. The number of hydrogen-bond acceptors (Lipinski definition) is 5. The molecule has 0 radical (unpaired) electrons. The summed E-state index contributed by atoms with van der Waals surface area (Å²) in [5.41, 5.74) is 6.14. The van der Waals surface area contributed by atoms with E-state index >= 15 is 0 Å². The third kappa shape index (κ3) is 4.12. The van der Waals surface area contributed by atoms with Gasteiger partial charge in [0, 0.05) is 66.8 Å². The third-order valence-corrected chi connectivity index (χ3v) is 10.6. The van der Waals surface area contributed by atoms with Gasteiger partial charge in [0.2, 0.25) is 0 Å². The molecule has 0 fully saturated rings. The molecule has 0 saturated heterocycles. The van der Waals surface area contributed by atoms with Crippen LogP contribution in [0.2, 0.25) is 0 Å². The SMILES string of the molecule is CC1(C)c2cccnc2N(c2[c-]c(Oc3[c-]c4c(cc3)c3ccccc3n3ccnc43)ccc2)c2ccc3sc4ccccc4c3c21.[Pd+2]. The minimum absolute atomic E-state index is 0. The molecular formula is C41H26N4OPdS. The van der Waals surface area contributed by atoms with Gasteiger partial charge >= 0.3 is 20.4 Å². The number of thiophene rings is 1. The number of nitrogens with zero attached hydrogens (tertiary/aromatic N) is 4. The maximum Gasteiger partial charge on any atom is 2.00 e. The molecule has 0 saturated carbocycles. The van der Waals surface area contributed by atoms with Crippen molar-refractivity contribution in [2.75, 3.05) is 4.90 Å². The number of rotatable bonds is 3. The Morgan fingerprint density at radius 1 is 0.708 bits per heavy atom. The van der Waals surface area contributed by atoms with Crippen molar-refractivity contribution in [3.63, 3.8) is 0 Å². The fraction of sp³-hybridized carbons (Fsp3) is 0.0732. The van der Waals surface area contributed by atoms with Gasteiger partial charge in [-0.15, -0.1) is 41.7 Å². The number of anilines is 3. The Morgan fingerprint density at radius 3 is 2.46 bits per heavy atom. The Balaban J connectivity index is 0.00000314. The average molecular weight is 729 g/mol. The minimum Gasteiger partial charge on any atom is -0.503 e. The van der Waals surface area contributed by atoms with E-state index in [4.69, 9.17) is 9.72 Å². The summed E-state index contributed by atoms with van der Waals surface area (Å²) in [7, 11) is 0. The molecule has 0 amide bonds. The van der Waals surface area contributed by atoms with Gasteiger partial charge in [0.1, 0.15) is 5.82 Å². The van der Waals surface area contributed by atoms with Crippen LogP contribution in [0.15, 0.2) is 122 Å². The fourth-order valence-electron chi connectivity index (χ4n) is 7.45. The van der Waals surface area contributed by atoms with Crippen molar-refractivity contribution < 1.29 is 25.2 Å². The molecule has 0 atom stereocenters. The van der Waals surface area contributed by atoms with Gasteiger partial charge in [-0.1, -0.05) is 78.8 Å². The Hall–Kier alpha value is -5.06. The van der Waals surface area contributed by atoms with Crippen LogP contribution in [0, 0.1) is 12.1 Å². The number of fused-ring (bicyclic) bond motifs is 12. The molecule has 5 nitrogen and oxygen atoms in total. The van der Waals surface area contributed by atoms with E-state index in [1.807, 2.05) is 54.2 Å². The zero-order valence-electron chi connectivity index (χ0n) is 26.0. The summed E-state index contributed by atoms with van der Waals surface area (Å²) >= 11 is 1.85. The minimum atomic E-state index is -0.269. The van der Waals surface area contributed by atoms with E-state index in [0.717, 1.165) is 44.5 Å². The van der Waals surface area contributed by atoms with Crippen LogP contribution in [-0.4, -0.2) is 14.4 Å². The number of imidazole rings is 1. The summed E-state index contributed by atoms with van der Waals surface area (Å²) in [6, 6.07) is 43.0. The van der Waals surface area contributed by atoms with Crippen LogP contribution in [-0.2, 0) is 25.8 Å². The van der Waals surface area contributed by atoms with Gasteiger partial charge in [-0.25, -0.2) is 4.98 Å². The molecule has 4 aromatic heterocycles. The molecule has 5 aromatic carbocycles. The van der Waals surface area contributed by atoms with Crippen molar-refractivity contribution in [1.29, 1.82) is 0 Å². The smallest absolute Gasteiger partial charge is 0.503 e.